The van der Waals surface area contributed by atoms with Crippen molar-refractivity contribution in [3.8, 4) is 11.5 Å². The van der Waals surface area contributed by atoms with Gasteiger partial charge in [-0.1, -0.05) is 6.92 Å². The fraction of sp³-hybridized carbons (Fsp3) is 0.650. The lowest BCUT2D eigenvalue weighted by molar-refractivity contribution is -0.141. The van der Waals surface area contributed by atoms with Crippen LogP contribution in [0.25, 0.3) is 0 Å². The first-order valence-corrected chi connectivity index (χ1v) is 11.3. The zero-order valence-electron chi connectivity index (χ0n) is 17.5. The van der Waals surface area contributed by atoms with E-state index in [-0.39, 0.29) is 6.42 Å². The third kappa shape index (κ3) is 4.36. The van der Waals surface area contributed by atoms with Crippen LogP contribution >= 0.6 is 0 Å². The number of nitrogens with zero attached hydrogens (tertiary/aromatic N) is 2. The van der Waals surface area contributed by atoms with Crippen LogP contribution in [-0.4, -0.2) is 64.0 Å². The molecule has 0 radical (unpaired) electrons. The summed E-state index contributed by atoms with van der Waals surface area (Å²) in [6, 6.07) is 3.00. The van der Waals surface area contributed by atoms with Crippen LogP contribution in [0.15, 0.2) is 12.1 Å². The van der Waals surface area contributed by atoms with Crippen molar-refractivity contribution in [2.24, 2.45) is 5.92 Å². The van der Waals surface area contributed by atoms with Gasteiger partial charge >= 0.3 is 5.97 Å². The van der Waals surface area contributed by atoms with E-state index in [9.17, 15) is 13.2 Å². The number of carbonyl (C=O) groups is 1. The molecule has 1 fully saturated rings. The molecule has 2 aliphatic rings. The Hall–Kier alpha value is -1.84. The largest absolute Gasteiger partial charge is 0.493 e. The van der Waals surface area contributed by atoms with Crippen LogP contribution in [0.3, 0.4) is 0 Å². The standard InChI is InChI=1S/C20H30N2O6S/c1-14-6-5-8-21(13-14)29(24,25)22-9-7-15-10-18(26-2)19(27-3)11-16(15)17(22)12-20(23)28-4/h10-11,14,17H,5-9,12-13H2,1-4H3. The van der Waals surface area contributed by atoms with E-state index in [1.165, 1.54) is 18.5 Å². The van der Waals surface area contributed by atoms with E-state index in [4.69, 9.17) is 14.2 Å². The molecule has 2 heterocycles. The van der Waals surface area contributed by atoms with Crippen LogP contribution in [0.4, 0.5) is 0 Å². The summed E-state index contributed by atoms with van der Waals surface area (Å²) in [5.74, 6) is 0.958. The van der Waals surface area contributed by atoms with Gasteiger partial charge in [-0.05, 0) is 48.4 Å². The number of hydrogen-bond donors (Lipinski definition) is 0. The Morgan fingerprint density at radius 1 is 1.14 bits per heavy atom. The van der Waals surface area contributed by atoms with Crippen molar-refractivity contribution in [2.45, 2.75) is 38.6 Å². The molecule has 162 valence electrons. The summed E-state index contributed by atoms with van der Waals surface area (Å²) in [6.45, 7) is 3.38. The zero-order chi connectivity index (χ0) is 21.2. The second kappa shape index (κ2) is 8.89. The van der Waals surface area contributed by atoms with Gasteiger partial charge in [-0.25, -0.2) is 0 Å². The van der Waals surface area contributed by atoms with Crippen molar-refractivity contribution in [3.63, 3.8) is 0 Å². The average Bonchev–Trinajstić information content (AvgIpc) is 2.72. The summed E-state index contributed by atoms with van der Waals surface area (Å²) in [5.41, 5.74) is 1.71. The van der Waals surface area contributed by atoms with Crippen LogP contribution < -0.4 is 9.47 Å². The Bertz CT molecular complexity index is 857. The van der Waals surface area contributed by atoms with Crippen molar-refractivity contribution in [1.82, 2.24) is 8.61 Å². The highest BCUT2D eigenvalue weighted by Gasteiger charge is 2.41. The first-order chi connectivity index (χ1) is 13.8. The maximum Gasteiger partial charge on any atom is 0.307 e. The molecular weight excluding hydrogens is 396 g/mol. The minimum absolute atomic E-state index is 0.0540. The molecule has 0 bridgehead atoms. The summed E-state index contributed by atoms with van der Waals surface area (Å²) in [5, 5.41) is 0. The molecule has 1 aromatic carbocycles. The van der Waals surface area contributed by atoms with Crippen LogP contribution in [0.1, 0.15) is 43.4 Å². The molecule has 0 spiro atoms. The Morgan fingerprint density at radius 3 is 2.45 bits per heavy atom. The maximum absolute atomic E-state index is 13.5. The van der Waals surface area contributed by atoms with Crippen LogP contribution in [0, 0.1) is 5.92 Å². The van der Waals surface area contributed by atoms with Gasteiger partial charge in [0, 0.05) is 19.6 Å². The van der Waals surface area contributed by atoms with E-state index in [1.54, 1.807) is 17.5 Å². The fourth-order valence-corrected chi connectivity index (χ4v) is 6.17. The quantitative estimate of drug-likeness (QED) is 0.648. The van der Waals surface area contributed by atoms with Gasteiger partial charge in [0.15, 0.2) is 11.5 Å². The molecule has 29 heavy (non-hydrogen) atoms. The number of hydrogen-bond acceptors (Lipinski definition) is 6. The average molecular weight is 427 g/mol. The normalized spacial score (nSPS) is 23.3. The lowest BCUT2D eigenvalue weighted by atomic mass is 9.91. The molecule has 0 saturated carbocycles. The number of carbonyl (C=O) groups excluding carboxylic acids is 1. The third-order valence-electron chi connectivity index (χ3n) is 5.78. The number of fused-ring (bicyclic) bond motifs is 1. The minimum atomic E-state index is -3.71. The van der Waals surface area contributed by atoms with E-state index in [2.05, 4.69) is 6.92 Å². The van der Waals surface area contributed by atoms with E-state index in [1.807, 2.05) is 6.07 Å². The van der Waals surface area contributed by atoms with Gasteiger partial charge in [0.1, 0.15) is 0 Å². The zero-order valence-corrected chi connectivity index (χ0v) is 18.3. The minimum Gasteiger partial charge on any atom is -0.493 e. The Kier molecular flexibility index (Phi) is 6.70. The molecular formula is C20H30N2O6S. The Morgan fingerprint density at radius 2 is 1.83 bits per heavy atom. The molecule has 0 aliphatic carbocycles. The second-order valence-corrected chi connectivity index (χ2v) is 9.56. The van der Waals surface area contributed by atoms with Gasteiger partial charge in [0.25, 0.3) is 10.2 Å². The van der Waals surface area contributed by atoms with E-state index < -0.39 is 22.2 Å². The summed E-state index contributed by atoms with van der Waals surface area (Å²) < 4.78 is 45.7. The summed E-state index contributed by atoms with van der Waals surface area (Å²) in [7, 11) is 0.696. The number of benzene rings is 1. The fourth-order valence-electron chi connectivity index (χ4n) is 4.24. The number of rotatable bonds is 6. The van der Waals surface area contributed by atoms with Crippen LogP contribution in [0.5, 0.6) is 11.5 Å². The Balaban J connectivity index is 2.03. The summed E-state index contributed by atoms with van der Waals surface area (Å²) in [4.78, 5) is 12.2. The number of ether oxygens (including phenoxy) is 3. The highest BCUT2D eigenvalue weighted by atomic mass is 32.2. The molecule has 2 unspecified atom stereocenters. The third-order valence-corrected chi connectivity index (χ3v) is 7.80. The highest BCUT2D eigenvalue weighted by molar-refractivity contribution is 7.86. The molecule has 0 amide bonds. The molecule has 2 atom stereocenters. The number of methoxy groups -OCH3 is 3. The topological polar surface area (TPSA) is 85.4 Å². The first-order valence-electron chi connectivity index (χ1n) is 9.90. The molecule has 1 aromatic rings. The lowest BCUT2D eigenvalue weighted by Crippen LogP contribution is -2.51. The highest BCUT2D eigenvalue weighted by Crippen LogP contribution is 2.41. The van der Waals surface area contributed by atoms with Crippen molar-refractivity contribution < 1.29 is 27.4 Å². The number of piperidine rings is 1. The first kappa shape index (κ1) is 21.9. The Labute approximate surface area is 172 Å². The predicted molar refractivity (Wildman–Crippen MR) is 108 cm³/mol. The molecule has 2 aliphatic heterocycles. The van der Waals surface area contributed by atoms with E-state index in [0.29, 0.717) is 43.5 Å². The van der Waals surface area contributed by atoms with E-state index in [0.717, 1.165) is 24.0 Å². The van der Waals surface area contributed by atoms with Gasteiger partial charge in [0.2, 0.25) is 0 Å². The van der Waals surface area contributed by atoms with Crippen LogP contribution in [0.2, 0.25) is 0 Å². The van der Waals surface area contributed by atoms with Gasteiger partial charge in [-0.3, -0.25) is 4.79 Å². The molecule has 9 heteroatoms. The summed E-state index contributed by atoms with van der Waals surface area (Å²) in [6.07, 6.45) is 2.35. The van der Waals surface area contributed by atoms with Gasteiger partial charge in [-0.2, -0.15) is 17.0 Å². The summed E-state index contributed by atoms with van der Waals surface area (Å²) >= 11 is 0. The smallest absolute Gasteiger partial charge is 0.307 e. The molecule has 3 rings (SSSR count). The lowest BCUT2D eigenvalue weighted by Gasteiger charge is -2.40. The molecule has 0 N–H and O–H groups in total. The van der Waals surface area contributed by atoms with Crippen LogP contribution in [-0.2, 0) is 26.2 Å². The van der Waals surface area contributed by atoms with Crippen molar-refractivity contribution in [3.05, 3.63) is 23.3 Å². The predicted octanol–water partition coefficient (Wildman–Crippen LogP) is 2.14. The maximum atomic E-state index is 13.5. The SMILES string of the molecule is COC(=O)CC1c2cc(OC)c(OC)cc2CCN1S(=O)(=O)N1CCCC(C)C1. The molecule has 1 saturated heterocycles. The van der Waals surface area contributed by atoms with Crippen molar-refractivity contribution in [1.29, 1.82) is 0 Å². The van der Waals surface area contributed by atoms with E-state index >= 15 is 0 Å². The monoisotopic (exact) mass is 426 g/mol. The van der Waals surface area contributed by atoms with Gasteiger partial charge in [-0.15, -0.1) is 0 Å². The van der Waals surface area contributed by atoms with Gasteiger partial charge < -0.3 is 14.2 Å². The second-order valence-electron chi connectivity index (χ2n) is 7.68. The van der Waals surface area contributed by atoms with Crippen molar-refractivity contribution in [2.75, 3.05) is 41.0 Å². The van der Waals surface area contributed by atoms with Gasteiger partial charge in [0.05, 0.1) is 33.8 Å². The van der Waals surface area contributed by atoms with Crippen molar-refractivity contribution >= 4 is 16.2 Å². The number of esters is 1. The molecule has 8 nitrogen and oxygen atoms in total. The molecule has 0 aromatic heterocycles.